The Kier molecular flexibility index (Phi) is 3.98. The number of rotatable bonds is 3. The maximum Gasteiger partial charge on any atom is 0.243 e. The summed E-state index contributed by atoms with van der Waals surface area (Å²) in [4.78, 5) is 19.3. The Bertz CT molecular complexity index is 658. The Morgan fingerprint density at radius 2 is 2.38 bits per heavy atom. The average Bonchev–Trinajstić information content (AvgIpc) is 3.08. The van der Waals surface area contributed by atoms with Crippen LogP contribution < -0.4 is 5.32 Å². The number of anilines is 1. The zero-order valence-electron chi connectivity index (χ0n) is 11.7. The van der Waals surface area contributed by atoms with Gasteiger partial charge in [0.2, 0.25) is 5.91 Å². The first-order chi connectivity index (χ1) is 10.1. The Hall–Kier alpha value is -1.79. The maximum atomic E-state index is 13.2. The van der Waals surface area contributed by atoms with Crippen molar-refractivity contribution in [2.75, 3.05) is 18.9 Å². The van der Waals surface area contributed by atoms with Crippen LogP contribution in [0.5, 0.6) is 0 Å². The maximum absolute atomic E-state index is 13.2. The number of carbonyl (C=O) groups is 1. The number of carbonyl (C=O) groups excluding carboxylic acids is 1. The lowest BCUT2D eigenvalue weighted by Crippen LogP contribution is -2.37. The molecule has 1 aliphatic heterocycles. The molecule has 6 heteroatoms. The highest BCUT2D eigenvalue weighted by atomic mass is 32.1. The fourth-order valence-electron chi connectivity index (χ4n) is 2.54. The molecule has 0 saturated carbocycles. The van der Waals surface area contributed by atoms with Gasteiger partial charge in [0.25, 0.3) is 0 Å². The molecule has 1 saturated heterocycles. The lowest BCUT2D eigenvalue weighted by atomic mass is 10.2. The van der Waals surface area contributed by atoms with E-state index in [1.807, 2.05) is 13.1 Å². The smallest absolute Gasteiger partial charge is 0.243 e. The molecule has 1 aliphatic rings. The zero-order chi connectivity index (χ0) is 14.8. The van der Waals surface area contributed by atoms with Gasteiger partial charge < -0.3 is 5.32 Å². The number of nitrogens with one attached hydrogen (secondary N) is 1. The van der Waals surface area contributed by atoms with Crippen LogP contribution in [0, 0.1) is 5.82 Å². The van der Waals surface area contributed by atoms with Crippen LogP contribution in [-0.2, 0) is 4.79 Å². The SMILES string of the molecule is CN1CCC[C@@H]1C(=O)Nc1ncc(-c2cccc(F)c2)s1. The highest BCUT2D eigenvalue weighted by molar-refractivity contribution is 7.19. The van der Waals surface area contributed by atoms with Crippen LogP contribution in [0.2, 0.25) is 0 Å². The minimum Gasteiger partial charge on any atom is -0.301 e. The van der Waals surface area contributed by atoms with Crippen molar-refractivity contribution in [2.45, 2.75) is 18.9 Å². The third kappa shape index (κ3) is 3.11. The summed E-state index contributed by atoms with van der Waals surface area (Å²) in [7, 11) is 1.96. The molecule has 1 amide bonds. The molecule has 1 N–H and O–H groups in total. The van der Waals surface area contributed by atoms with Gasteiger partial charge in [-0.25, -0.2) is 9.37 Å². The minimum absolute atomic E-state index is 0.0184. The molecular weight excluding hydrogens is 289 g/mol. The highest BCUT2D eigenvalue weighted by Crippen LogP contribution is 2.29. The molecule has 0 radical (unpaired) electrons. The summed E-state index contributed by atoms with van der Waals surface area (Å²) in [6.45, 7) is 0.949. The van der Waals surface area contributed by atoms with E-state index in [0.717, 1.165) is 29.8 Å². The van der Waals surface area contributed by atoms with Crippen molar-refractivity contribution in [1.82, 2.24) is 9.88 Å². The summed E-state index contributed by atoms with van der Waals surface area (Å²) < 4.78 is 13.2. The summed E-state index contributed by atoms with van der Waals surface area (Å²) in [5.41, 5.74) is 0.769. The van der Waals surface area contributed by atoms with Gasteiger partial charge in [-0.2, -0.15) is 0 Å². The number of aromatic nitrogens is 1. The van der Waals surface area contributed by atoms with Crippen molar-refractivity contribution in [3.05, 3.63) is 36.3 Å². The van der Waals surface area contributed by atoms with Gasteiger partial charge in [0.1, 0.15) is 5.82 Å². The van der Waals surface area contributed by atoms with Gasteiger partial charge in [0.05, 0.1) is 10.9 Å². The van der Waals surface area contributed by atoms with Gasteiger partial charge in [-0.05, 0) is 44.1 Å². The van der Waals surface area contributed by atoms with E-state index in [2.05, 4.69) is 15.2 Å². The van der Waals surface area contributed by atoms with Gasteiger partial charge in [-0.3, -0.25) is 9.69 Å². The van der Waals surface area contributed by atoms with Crippen molar-refractivity contribution in [3.63, 3.8) is 0 Å². The van der Waals surface area contributed by atoms with E-state index >= 15 is 0 Å². The molecule has 0 unspecified atom stereocenters. The molecule has 1 aromatic heterocycles. The normalized spacial score (nSPS) is 18.9. The van der Waals surface area contributed by atoms with Gasteiger partial charge in [-0.15, -0.1) is 0 Å². The number of nitrogens with zero attached hydrogens (tertiary/aromatic N) is 2. The first-order valence-electron chi connectivity index (χ1n) is 6.86. The Labute approximate surface area is 126 Å². The zero-order valence-corrected chi connectivity index (χ0v) is 12.5. The number of likely N-dealkylation sites (N-methyl/N-ethyl adjacent to an activating group) is 1. The van der Waals surface area contributed by atoms with E-state index in [1.54, 1.807) is 12.3 Å². The van der Waals surface area contributed by atoms with Crippen molar-refractivity contribution in [3.8, 4) is 10.4 Å². The van der Waals surface area contributed by atoms with Crippen LogP contribution in [0.3, 0.4) is 0 Å². The number of benzene rings is 1. The van der Waals surface area contributed by atoms with Crippen LogP contribution in [0.1, 0.15) is 12.8 Å². The lowest BCUT2D eigenvalue weighted by Gasteiger charge is -2.17. The lowest BCUT2D eigenvalue weighted by molar-refractivity contribution is -0.119. The topological polar surface area (TPSA) is 45.2 Å². The second kappa shape index (κ2) is 5.91. The number of amides is 1. The molecule has 4 nitrogen and oxygen atoms in total. The molecule has 2 aromatic rings. The van der Waals surface area contributed by atoms with E-state index in [1.165, 1.54) is 23.5 Å². The van der Waals surface area contributed by atoms with Crippen LogP contribution in [0.15, 0.2) is 30.5 Å². The van der Waals surface area contributed by atoms with E-state index in [9.17, 15) is 9.18 Å². The Morgan fingerprint density at radius 3 is 3.10 bits per heavy atom. The summed E-state index contributed by atoms with van der Waals surface area (Å²) in [5.74, 6) is -0.297. The summed E-state index contributed by atoms with van der Waals surface area (Å²) in [6, 6.07) is 6.28. The second-order valence-electron chi connectivity index (χ2n) is 5.17. The van der Waals surface area contributed by atoms with Crippen LogP contribution >= 0.6 is 11.3 Å². The average molecular weight is 305 g/mol. The predicted octanol–water partition coefficient (Wildman–Crippen LogP) is 2.98. The van der Waals surface area contributed by atoms with Crippen LogP contribution in [-0.4, -0.2) is 35.4 Å². The monoisotopic (exact) mass is 305 g/mol. The highest BCUT2D eigenvalue weighted by Gasteiger charge is 2.28. The predicted molar refractivity (Wildman–Crippen MR) is 81.8 cm³/mol. The molecule has 3 rings (SSSR count). The number of likely N-dealkylation sites (tertiary alicyclic amines) is 1. The first kappa shape index (κ1) is 14.2. The van der Waals surface area contributed by atoms with Crippen molar-refractivity contribution in [2.24, 2.45) is 0 Å². The fraction of sp³-hybridized carbons (Fsp3) is 0.333. The van der Waals surface area contributed by atoms with Gasteiger partial charge in [0, 0.05) is 6.20 Å². The van der Waals surface area contributed by atoms with Crippen molar-refractivity contribution >= 4 is 22.4 Å². The molecular formula is C15H16FN3OS. The Morgan fingerprint density at radius 1 is 1.52 bits per heavy atom. The van der Waals surface area contributed by atoms with Crippen LogP contribution in [0.25, 0.3) is 10.4 Å². The van der Waals surface area contributed by atoms with Gasteiger partial charge in [-0.1, -0.05) is 23.5 Å². The summed E-state index contributed by atoms with van der Waals surface area (Å²) in [5, 5.41) is 3.41. The first-order valence-corrected chi connectivity index (χ1v) is 7.68. The molecule has 0 spiro atoms. The number of thiazole rings is 1. The molecule has 1 fully saturated rings. The molecule has 1 atom stereocenters. The molecule has 2 heterocycles. The third-order valence-corrected chi connectivity index (χ3v) is 4.63. The molecule has 1 aromatic carbocycles. The van der Waals surface area contributed by atoms with Crippen LogP contribution in [0.4, 0.5) is 9.52 Å². The molecule has 0 bridgehead atoms. The van der Waals surface area contributed by atoms with E-state index in [0.29, 0.717) is 5.13 Å². The molecule has 110 valence electrons. The summed E-state index contributed by atoms with van der Waals surface area (Å²) >= 11 is 1.35. The largest absolute Gasteiger partial charge is 0.301 e. The van der Waals surface area contributed by atoms with Crippen molar-refractivity contribution in [1.29, 1.82) is 0 Å². The molecule has 21 heavy (non-hydrogen) atoms. The van der Waals surface area contributed by atoms with E-state index in [4.69, 9.17) is 0 Å². The second-order valence-corrected chi connectivity index (χ2v) is 6.20. The number of halogens is 1. The number of hydrogen-bond donors (Lipinski definition) is 1. The quantitative estimate of drug-likeness (QED) is 0.948. The van der Waals surface area contributed by atoms with Gasteiger partial charge in [0.15, 0.2) is 5.13 Å². The minimum atomic E-state index is -0.279. The van der Waals surface area contributed by atoms with E-state index in [-0.39, 0.29) is 17.8 Å². The number of hydrogen-bond acceptors (Lipinski definition) is 4. The third-order valence-electron chi connectivity index (χ3n) is 3.67. The Balaban J connectivity index is 1.72. The standard InChI is InChI=1S/C15H16FN3OS/c1-19-7-3-6-12(19)14(20)18-15-17-9-13(21-15)10-4-2-5-11(16)8-10/h2,4-5,8-9,12H,3,6-7H2,1H3,(H,17,18,20)/t12-/m1/s1. The van der Waals surface area contributed by atoms with E-state index < -0.39 is 0 Å². The van der Waals surface area contributed by atoms with Gasteiger partial charge >= 0.3 is 0 Å². The van der Waals surface area contributed by atoms with Crippen molar-refractivity contribution < 1.29 is 9.18 Å². The fourth-order valence-corrected chi connectivity index (χ4v) is 3.35. The molecule has 0 aliphatic carbocycles. The summed E-state index contributed by atoms with van der Waals surface area (Å²) in [6.07, 6.45) is 3.58.